The van der Waals surface area contributed by atoms with Gasteiger partial charge in [0.05, 0.1) is 19.3 Å². The Balaban J connectivity index is 2.47. The molecule has 1 aliphatic rings. The number of aliphatic hydroxyl groups is 2. The van der Waals surface area contributed by atoms with Gasteiger partial charge in [0, 0.05) is 18.9 Å². The molecule has 4 atom stereocenters. The van der Waals surface area contributed by atoms with E-state index in [0.717, 1.165) is 0 Å². The molecule has 0 aromatic rings. The van der Waals surface area contributed by atoms with E-state index in [1.807, 2.05) is 0 Å². The van der Waals surface area contributed by atoms with Crippen molar-refractivity contribution in [2.45, 2.75) is 31.0 Å². The van der Waals surface area contributed by atoms with Crippen molar-refractivity contribution in [2.75, 3.05) is 25.7 Å². The van der Waals surface area contributed by atoms with Crippen LogP contribution < -0.4 is 0 Å². The molecule has 1 heterocycles. The molecule has 1 saturated heterocycles. The van der Waals surface area contributed by atoms with Crippen molar-refractivity contribution in [3.05, 3.63) is 0 Å². The summed E-state index contributed by atoms with van der Waals surface area (Å²) in [7, 11) is 1.53. The summed E-state index contributed by atoms with van der Waals surface area (Å²) in [4.78, 5) is 0. The maximum Gasteiger partial charge on any atom is 0.184 e. The van der Waals surface area contributed by atoms with Crippen molar-refractivity contribution in [3.63, 3.8) is 0 Å². The Kier molecular flexibility index (Phi) is 6.03. The summed E-state index contributed by atoms with van der Waals surface area (Å²) in [6.45, 7) is 0.316. The van der Waals surface area contributed by atoms with Gasteiger partial charge >= 0.3 is 0 Å². The predicted octanol–water partition coefficient (Wildman–Crippen LogP) is -0.119. The molecule has 0 radical (unpaired) electrons. The van der Waals surface area contributed by atoms with Crippen molar-refractivity contribution < 1.29 is 24.4 Å². The average Bonchev–Trinajstić information content (AvgIpc) is 2.27. The average molecular weight is 285 g/mol. The first kappa shape index (κ1) is 13.3. The molecular weight excluding hydrogens is 268 g/mol. The lowest BCUT2D eigenvalue weighted by Gasteiger charge is -2.37. The standard InChI is InChI=1S/C9H17BrO5/c1-13-7-4-6(12)9(14-3-2-10)15-8(7)5-11/h6-9,11-12H,2-5H2,1H3/t6?,7-,8?,9-/m0/s1. The molecule has 1 fully saturated rings. The van der Waals surface area contributed by atoms with E-state index < -0.39 is 18.5 Å². The highest BCUT2D eigenvalue weighted by atomic mass is 79.9. The fourth-order valence-electron chi connectivity index (χ4n) is 1.57. The van der Waals surface area contributed by atoms with Crippen LogP contribution in [0.2, 0.25) is 0 Å². The van der Waals surface area contributed by atoms with Crippen LogP contribution in [0.3, 0.4) is 0 Å². The lowest BCUT2D eigenvalue weighted by Crippen LogP contribution is -2.50. The number of rotatable bonds is 5. The smallest absolute Gasteiger partial charge is 0.184 e. The van der Waals surface area contributed by atoms with Gasteiger partial charge in [0.15, 0.2) is 6.29 Å². The first-order chi connectivity index (χ1) is 7.22. The monoisotopic (exact) mass is 284 g/mol. The van der Waals surface area contributed by atoms with Crippen molar-refractivity contribution in [1.29, 1.82) is 0 Å². The van der Waals surface area contributed by atoms with Crippen LogP contribution >= 0.6 is 15.9 Å². The van der Waals surface area contributed by atoms with Crippen molar-refractivity contribution >= 4 is 15.9 Å². The summed E-state index contributed by atoms with van der Waals surface area (Å²) in [6.07, 6.45) is -1.69. The number of halogens is 1. The maximum absolute atomic E-state index is 9.68. The number of ether oxygens (including phenoxy) is 3. The largest absolute Gasteiger partial charge is 0.394 e. The number of hydrogen-bond acceptors (Lipinski definition) is 5. The lowest BCUT2D eigenvalue weighted by atomic mass is 10.0. The van der Waals surface area contributed by atoms with Gasteiger partial charge in [-0.3, -0.25) is 0 Å². The van der Waals surface area contributed by atoms with E-state index >= 15 is 0 Å². The van der Waals surface area contributed by atoms with Gasteiger partial charge < -0.3 is 24.4 Å². The Morgan fingerprint density at radius 3 is 2.80 bits per heavy atom. The summed E-state index contributed by atoms with van der Waals surface area (Å²) in [6, 6.07) is 0. The van der Waals surface area contributed by atoms with Gasteiger partial charge in [-0.15, -0.1) is 0 Å². The summed E-state index contributed by atoms with van der Waals surface area (Å²) in [5, 5.41) is 19.4. The highest BCUT2D eigenvalue weighted by molar-refractivity contribution is 9.09. The Bertz CT molecular complexity index is 180. The van der Waals surface area contributed by atoms with Gasteiger partial charge in [0.1, 0.15) is 12.2 Å². The number of methoxy groups -OCH3 is 1. The van der Waals surface area contributed by atoms with Gasteiger partial charge in [-0.2, -0.15) is 0 Å². The van der Waals surface area contributed by atoms with Crippen LogP contribution in [0, 0.1) is 0 Å². The topological polar surface area (TPSA) is 68.2 Å². The van der Waals surface area contributed by atoms with Gasteiger partial charge in [0.2, 0.25) is 0 Å². The molecule has 6 heteroatoms. The molecule has 0 aromatic carbocycles. The normalized spacial score (nSPS) is 36.8. The van der Waals surface area contributed by atoms with Crippen LogP contribution in [-0.2, 0) is 14.2 Å². The van der Waals surface area contributed by atoms with E-state index in [2.05, 4.69) is 15.9 Å². The number of alkyl halides is 1. The SMILES string of the molecule is CO[C@H]1CC(O)[C@@H](OCCBr)OC1CO. The van der Waals surface area contributed by atoms with Crippen LogP contribution in [0.25, 0.3) is 0 Å². The maximum atomic E-state index is 9.68. The van der Waals surface area contributed by atoms with E-state index in [0.29, 0.717) is 18.4 Å². The molecule has 2 unspecified atom stereocenters. The minimum atomic E-state index is -0.711. The van der Waals surface area contributed by atoms with Crippen molar-refractivity contribution in [3.8, 4) is 0 Å². The summed E-state index contributed by atoms with van der Waals surface area (Å²) >= 11 is 3.22. The first-order valence-electron chi connectivity index (χ1n) is 4.87. The van der Waals surface area contributed by atoms with E-state index in [4.69, 9.17) is 19.3 Å². The summed E-state index contributed by atoms with van der Waals surface area (Å²) in [5.74, 6) is 0. The molecule has 1 rings (SSSR count). The Hall–Kier alpha value is 0.280. The highest BCUT2D eigenvalue weighted by Crippen LogP contribution is 2.22. The fourth-order valence-corrected chi connectivity index (χ4v) is 1.76. The molecule has 0 saturated carbocycles. The zero-order valence-electron chi connectivity index (χ0n) is 8.63. The molecule has 5 nitrogen and oxygen atoms in total. The minimum Gasteiger partial charge on any atom is -0.394 e. The highest BCUT2D eigenvalue weighted by Gasteiger charge is 2.37. The molecule has 0 aromatic heterocycles. The third-order valence-corrected chi connectivity index (χ3v) is 2.68. The molecule has 0 spiro atoms. The molecule has 90 valence electrons. The molecule has 0 aliphatic carbocycles. The van der Waals surface area contributed by atoms with Crippen LogP contribution in [0.5, 0.6) is 0 Å². The fraction of sp³-hybridized carbons (Fsp3) is 1.00. The van der Waals surface area contributed by atoms with Crippen LogP contribution in [-0.4, -0.2) is 60.5 Å². The Labute approximate surface area is 97.4 Å². The minimum absolute atomic E-state index is 0.139. The second-order valence-electron chi connectivity index (χ2n) is 3.36. The molecule has 2 N–H and O–H groups in total. The molecule has 1 aliphatic heterocycles. The molecule has 0 amide bonds. The number of aliphatic hydroxyl groups excluding tert-OH is 2. The Morgan fingerprint density at radius 2 is 2.27 bits per heavy atom. The third kappa shape index (κ3) is 3.65. The Morgan fingerprint density at radius 1 is 1.53 bits per heavy atom. The zero-order chi connectivity index (χ0) is 11.3. The molecule has 15 heavy (non-hydrogen) atoms. The molecular formula is C9H17BrO5. The van der Waals surface area contributed by atoms with Crippen molar-refractivity contribution in [1.82, 2.24) is 0 Å². The second kappa shape index (κ2) is 6.78. The number of hydrogen-bond donors (Lipinski definition) is 2. The second-order valence-corrected chi connectivity index (χ2v) is 4.16. The van der Waals surface area contributed by atoms with Crippen LogP contribution in [0.1, 0.15) is 6.42 Å². The first-order valence-corrected chi connectivity index (χ1v) is 5.99. The van der Waals surface area contributed by atoms with E-state index in [-0.39, 0.29) is 12.7 Å². The quantitative estimate of drug-likeness (QED) is 0.689. The van der Waals surface area contributed by atoms with Gasteiger partial charge in [-0.25, -0.2) is 0 Å². The zero-order valence-corrected chi connectivity index (χ0v) is 10.2. The van der Waals surface area contributed by atoms with Gasteiger partial charge in [-0.05, 0) is 0 Å². The molecule has 0 bridgehead atoms. The van der Waals surface area contributed by atoms with E-state index in [1.165, 1.54) is 7.11 Å². The summed E-state index contributed by atoms with van der Waals surface area (Å²) in [5.41, 5.74) is 0. The van der Waals surface area contributed by atoms with Crippen LogP contribution in [0.4, 0.5) is 0 Å². The summed E-state index contributed by atoms with van der Waals surface area (Å²) < 4.78 is 15.8. The third-order valence-electron chi connectivity index (χ3n) is 2.35. The lowest BCUT2D eigenvalue weighted by molar-refractivity contribution is -0.271. The van der Waals surface area contributed by atoms with Crippen molar-refractivity contribution in [2.24, 2.45) is 0 Å². The van der Waals surface area contributed by atoms with Crippen LogP contribution in [0.15, 0.2) is 0 Å². The van der Waals surface area contributed by atoms with E-state index in [9.17, 15) is 5.11 Å². The predicted molar refractivity (Wildman–Crippen MR) is 56.9 cm³/mol. The van der Waals surface area contributed by atoms with Gasteiger partial charge in [-0.1, -0.05) is 15.9 Å². The van der Waals surface area contributed by atoms with Gasteiger partial charge in [0.25, 0.3) is 0 Å². The van der Waals surface area contributed by atoms with E-state index in [1.54, 1.807) is 0 Å².